The van der Waals surface area contributed by atoms with Crippen LogP contribution < -0.4 is 9.44 Å². The van der Waals surface area contributed by atoms with Crippen LogP contribution in [0.5, 0.6) is 0 Å². The summed E-state index contributed by atoms with van der Waals surface area (Å²) in [5, 5.41) is -0.417. The van der Waals surface area contributed by atoms with E-state index in [1.807, 2.05) is 0 Å². The normalized spacial score (nSPS) is 11.1. The zero-order valence-electron chi connectivity index (χ0n) is 31.9. The highest BCUT2D eigenvalue weighted by Gasteiger charge is 2.23. The first-order chi connectivity index (χ1) is 28.5. The number of benzene rings is 6. The summed E-state index contributed by atoms with van der Waals surface area (Å²) in [5.41, 5.74) is 3.14. The van der Waals surface area contributed by atoms with Crippen LogP contribution in [-0.2, 0) is 29.6 Å². The molecule has 0 aromatic heterocycles. The van der Waals surface area contributed by atoms with Gasteiger partial charge in [-0.3, -0.25) is 28.6 Å². The lowest BCUT2D eigenvalue weighted by atomic mass is 10.1. The maximum absolute atomic E-state index is 13.9. The van der Waals surface area contributed by atoms with Crippen molar-refractivity contribution in [3.05, 3.63) is 168 Å². The molecule has 10 nitrogen and oxygen atoms in total. The zero-order valence-corrected chi connectivity index (χ0v) is 35.2. The fraction of sp³-hybridized carbons (Fsp3) is 0.0909. The van der Waals surface area contributed by atoms with Crippen LogP contribution in [-0.4, -0.2) is 50.1 Å². The molecule has 6 rings (SSSR count). The molecular formula is C44H36F2N2O8S4. The first-order valence-electron chi connectivity index (χ1n) is 17.8. The lowest BCUT2D eigenvalue weighted by Gasteiger charge is -2.12. The molecule has 0 aliphatic heterocycles. The van der Waals surface area contributed by atoms with Crippen LogP contribution >= 0.6 is 23.5 Å². The highest BCUT2D eigenvalue weighted by Crippen LogP contribution is 2.28. The van der Waals surface area contributed by atoms with Crippen molar-refractivity contribution < 1.29 is 44.8 Å². The van der Waals surface area contributed by atoms with Crippen LogP contribution in [0.25, 0.3) is 22.3 Å². The molecule has 0 aliphatic rings. The van der Waals surface area contributed by atoms with Crippen LogP contribution in [0.2, 0.25) is 0 Å². The number of carbonyl (C=O) groups is 4. The minimum Gasteiger partial charge on any atom is -0.293 e. The molecule has 0 unspecified atom stereocenters. The second-order valence-electron chi connectivity index (χ2n) is 12.7. The van der Waals surface area contributed by atoms with Gasteiger partial charge >= 0.3 is 0 Å². The van der Waals surface area contributed by atoms with Crippen LogP contribution in [0.1, 0.15) is 34.6 Å². The molecule has 0 radical (unpaired) electrons. The zero-order chi connectivity index (χ0) is 43.5. The Morgan fingerprint density at radius 1 is 0.517 bits per heavy atom. The first-order valence-corrected chi connectivity index (χ1v) is 22.8. The van der Waals surface area contributed by atoms with Crippen LogP contribution in [0.4, 0.5) is 20.2 Å². The molecule has 16 heteroatoms. The summed E-state index contributed by atoms with van der Waals surface area (Å²) in [6.07, 6.45) is 0. The largest absolute Gasteiger partial charge is 0.293 e. The SMILES string of the molecule is CC(=O)SCC(=O)c1ccccc1NS(=O)(=O)c1ccc(-c2ccc(F)cc2)cc1.CC(=O)SCC(=O)c1ccccc1S(=O)(=O)Nc1ccc(-c2ccccc2F)cc1. The van der Waals surface area contributed by atoms with Crippen molar-refractivity contribution in [2.75, 3.05) is 20.9 Å². The fourth-order valence-electron chi connectivity index (χ4n) is 5.53. The summed E-state index contributed by atoms with van der Waals surface area (Å²) >= 11 is 1.69. The van der Waals surface area contributed by atoms with Crippen molar-refractivity contribution in [3.8, 4) is 22.3 Å². The maximum Gasteiger partial charge on any atom is 0.262 e. The maximum atomic E-state index is 13.9. The number of para-hydroxylation sites is 1. The number of carbonyl (C=O) groups excluding carboxylic acids is 4. The highest BCUT2D eigenvalue weighted by molar-refractivity contribution is 8.14. The van der Waals surface area contributed by atoms with Gasteiger partial charge in [-0.05, 0) is 83.4 Å². The lowest BCUT2D eigenvalue weighted by Crippen LogP contribution is -2.18. The Hall–Kier alpha value is -5.94. The Bertz CT molecular complexity index is 2750. The van der Waals surface area contributed by atoms with E-state index in [4.69, 9.17) is 0 Å². The van der Waals surface area contributed by atoms with E-state index in [1.54, 1.807) is 72.8 Å². The molecule has 0 aliphatic carbocycles. The predicted molar refractivity (Wildman–Crippen MR) is 233 cm³/mol. The molecule has 60 heavy (non-hydrogen) atoms. The minimum absolute atomic E-state index is 0.0155. The van der Waals surface area contributed by atoms with E-state index in [9.17, 15) is 44.8 Å². The third-order valence-corrected chi connectivity index (χ3v) is 12.9. The minimum atomic E-state index is -4.05. The van der Waals surface area contributed by atoms with E-state index >= 15 is 0 Å². The molecule has 0 atom stereocenters. The average molecular weight is 887 g/mol. The molecule has 6 aromatic carbocycles. The average Bonchev–Trinajstić information content (AvgIpc) is 3.23. The second kappa shape index (κ2) is 20.4. The second-order valence-corrected chi connectivity index (χ2v) is 18.4. The summed E-state index contributed by atoms with van der Waals surface area (Å²) < 4.78 is 83.3. The fourth-order valence-corrected chi connectivity index (χ4v) is 8.88. The lowest BCUT2D eigenvalue weighted by molar-refractivity contribution is -0.109. The third-order valence-electron chi connectivity index (χ3n) is 8.43. The van der Waals surface area contributed by atoms with E-state index in [1.165, 1.54) is 86.6 Å². The van der Waals surface area contributed by atoms with Gasteiger partial charge in [0.05, 0.1) is 27.0 Å². The number of rotatable bonds is 14. The highest BCUT2D eigenvalue weighted by atomic mass is 32.2. The van der Waals surface area contributed by atoms with E-state index < -0.39 is 25.8 Å². The summed E-state index contributed by atoms with van der Waals surface area (Å²) in [6, 6.07) is 36.7. The van der Waals surface area contributed by atoms with Crippen molar-refractivity contribution >= 4 is 76.7 Å². The molecular weight excluding hydrogens is 851 g/mol. The Balaban J connectivity index is 0.000000228. The monoisotopic (exact) mass is 886 g/mol. The number of hydrogen-bond donors (Lipinski definition) is 2. The number of anilines is 2. The molecule has 0 saturated carbocycles. The molecule has 0 heterocycles. The topological polar surface area (TPSA) is 161 Å². The standard InChI is InChI=1S/2C22H18FNO4S2/c1-15(25)29-14-21(26)19-7-3-5-9-22(19)30(27,28)24-17-12-10-16(11-13-17)18-6-2-4-8-20(18)23;1-15(25)29-14-22(26)20-4-2-3-5-21(20)24-30(27,28)19-12-8-17(9-13-19)16-6-10-18(23)11-7-16/h2*2-13,24H,14H2,1H3. The van der Waals surface area contributed by atoms with Gasteiger partial charge in [-0.1, -0.05) is 102 Å². The number of nitrogens with one attached hydrogen (secondary N) is 2. The van der Waals surface area contributed by atoms with Gasteiger partial charge in [-0.25, -0.2) is 25.6 Å². The van der Waals surface area contributed by atoms with Gasteiger partial charge in [0, 0.05) is 36.2 Å². The molecule has 6 aromatic rings. The number of Topliss-reactive ketones (excluding diaryl/α,β-unsaturated/α-hetero) is 2. The Kier molecular flexibility index (Phi) is 15.3. The Morgan fingerprint density at radius 3 is 1.58 bits per heavy atom. The van der Waals surface area contributed by atoms with Crippen molar-refractivity contribution in [1.82, 2.24) is 0 Å². The van der Waals surface area contributed by atoms with Gasteiger partial charge in [0.15, 0.2) is 21.8 Å². The molecule has 2 N–H and O–H groups in total. The molecule has 308 valence electrons. The predicted octanol–water partition coefficient (Wildman–Crippen LogP) is 9.51. The molecule has 0 spiro atoms. The number of ketones is 2. The van der Waals surface area contributed by atoms with Crippen LogP contribution in [0.3, 0.4) is 0 Å². The van der Waals surface area contributed by atoms with Crippen molar-refractivity contribution in [2.24, 2.45) is 0 Å². The van der Waals surface area contributed by atoms with Crippen molar-refractivity contribution in [2.45, 2.75) is 23.6 Å². The smallest absolute Gasteiger partial charge is 0.262 e. The van der Waals surface area contributed by atoms with Gasteiger partial charge in [-0.15, -0.1) is 0 Å². The van der Waals surface area contributed by atoms with E-state index in [2.05, 4.69) is 9.44 Å². The number of hydrogen-bond acceptors (Lipinski definition) is 10. The number of halogens is 2. The van der Waals surface area contributed by atoms with Gasteiger partial charge in [0.2, 0.25) is 0 Å². The summed E-state index contributed by atoms with van der Waals surface area (Å²) in [7, 11) is -7.99. The molecule has 0 saturated heterocycles. The first kappa shape index (κ1) is 45.1. The van der Waals surface area contributed by atoms with Gasteiger partial charge < -0.3 is 0 Å². The molecule has 0 fully saturated rings. The van der Waals surface area contributed by atoms with E-state index in [0.717, 1.165) is 34.7 Å². The van der Waals surface area contributed by atoms with E-state index in [-0.39, 0.29) is 71.4 Å². The third kappa shape index (κ3) is 12.3. The van der Waals surface area contributed by atoms with Crippen LogP contribution in [0.15, 0.2) is 155 Å². The Labute approximate surface area is 354 Å². The van der Waals surface area contributed by atoms with Gasteiger partial charge in [-0.2, -0.15) is 0 Å². The van der Waals surface area contributed by atoms with Crippen LogP contribution in [0, 0.1) is 11.6 Å². The van der Waals surface area contributed by atoms with Gasteiger partial charge in [0.25, 0.3) is 20.0 Å². The number of thioether (sulfide) groups is 2. The van der Waals surface area contributed by atoms with Crippen molar-refractivity contribution in [1.29, 1.82) is 0 Å². The summed E-state index contributed by atoms with van der Waals surface area (Å²) in [4.78, 5) is 46.9. The van der Waals surface area contributed by atoms with Crippen molar-refractivity contribution in [3.63, 3.8) is 0 Å². The Morgan fingerprint density at radius 2 is 1.00 bits per heavy atom. The number of sulfonamides is 2. The van der Waals surface area contributed by atoms with E-state index in [0.29, 0.717) is 11.1 Å². The summed E-state index contributed by atoms with van der Waals surface area (Å²) in [6.45, 7) is 2.70. The molecule has 0 bridgehead atoms. The summed E-state index contributed by atoms with van der Waals surface area (Å²) in [5.74, 6) is -1.73. The van der Waals surface area contributed by atoms with Gasteiger partial charge in [0.1, 0.15) is 11.6 Å². The quantitative estimate of drug-likeness (QED) is 0.101. The molecule has 0 amide bonds.